The topological polar surface area (TPSA) is 72.8 Å². The van der Waals surface area contributed by atoms with Crippen molar-refractivity contribution in [3.8, 4) is 0 Å². The summed E-state index contributed by atoms with van der Waals surface area (Å²) in [5.74, 6) is -0.0114. The Balaban J connectivity index is 1.80. The lowest BCUT2D eigenvalue weighted by Crippen LogP contribution is -2.21. The molecule has 0 saturated heterocycles. The smallest absolute Gasteiger partial charge is 0.234 e. The van der Waals surface area contributed by atoms with Crippen LogP contribution in [0.2, 0.25) is 0 Å². The molecule has 3 aromatic rings. The van der Waals surface area contributed by atoms with Crippen LogP contribution >= 0.6 is 11.9 Å². The van der Waals surface area contributed by atoms with E-state index < -0.39 is 12.2 Å². The lowest BCUT2D eigenvalue weighted by Gasteiger charge is -2.23. The Labute approximate surface area is 213 Å². The molecule has 0 radical (unpaired) electrons. The molecular formula is C29H36N2O3S. The molecule has 0 heterocycles. The first-order valence-electron chi connectivity index (χ1n) is 11.9. The fourth-order valence-electron chi connectivity index (χ4n) is 4.16. The lowest BCUT2D eigenvalue weighted by atomic mass is 9.85. The normalized spacial score (nSPS) is 13.2. The van der Waals surface area contributed by atoms with Gasteiger partial charge in [0.05, 0.1) is 12.5 Å². The molecule has 2 atom stereocenters. The number of hydrogen-bond donors (Lipinski definition) is 3. The van der Waals surface area contributed by atoms with Crippen LogP contribution < -0.4 is 4.72 Å². The van der Waals surface area contributed by atoms with Crippen molar-refractivity contribution in [2.75, 3.05) is 14.1 Å². The minimum absolute atomic E-state index is 0.120. The van der Waals surface area contributed by atoms with E-state index in [1.165, 1.54) is 17.5 Å². The first-order chi connectivity index (χ1) is 16.7. The molecule has 0 aliphatic carbocycles. The molecule has 0 aliphatic heterocycles. The van der Waals surface area contributed by atoms with Crippen molar-refractivity contribution < 1.29 is 15.0 Å². The Morgan fingerprint density at radius 3 is 2.11 bits per heavy atom. The summed E-state index contributed by atoms with van der Waals surface area (Å²) < 4.78 is 2.94. The number of carbonyl (C=O) groups is 1. The Morgan fingerprint density at radius 2 is 1.54 bits per heavy atom. The molecule has 2 unspecified atom stereocenters. The molecule has 35 heavy (non-hydrogen) atoms. The van der Waals surface area contributed by atoms with Gasteiger partial charge in [-0.3, -0.25) is 9.52 Å². The minimum Gasteiger partial charge on any atom is -0.389 e. The first kappa shape index (κ1) is 27.0. The summed E-state index contributed by atoms with van der Waals surface area (Å²) in [4.78, 5) is 16.0. The second kappa shape index (κ2) is 12.4. The molecule has 6 heteroatoms. The van der Waals surface area contributed by atoms with Crippen LogP contribution in [0.3, 0.4) is 0 Å². The van der Waals surface area contributed by atoms with E-state index in [2.05, 4.69) is 35.6 Å². The van der Waals surface area contributed by atoms with Crippen LogP contribution in [0.25, 0.3) is 0 Å². The van der Waals surface area contributed by atoms with Crippen LogP contribution in [-0.4, -0.2) is 35.1 Å². The zero-order valence-electron chi connectivity index (χ0n) is 21.2. The number of nitrogens with one attached hydrogen (secondary N) is 1. The van der Waals surface area contributed by atoms with Crippen molar-refractivity contribution in [3.63, 3.8) is 0 Å². The molecule has 3 aromatic carbocycles. The number of rotatable bonds is 10. The number of aliphatic hydroxyl groups excluding tert-OH is 2. The van der Waals surface area contributed by atoms with Gasteiger partial charge in [0.15, 0.2) is 0 Å². The van der Waals surface area contributed by atoms with Gasteiger partial charge in [-0.1, -0.05) is 62.4 Å². The summed E-state index contributed by atoms with van der Waals surface area (Å²) in [6.45, 7) is 6.69. The number of amides is 1. The average molecular weight is 493 g/mol. The molecule has 0 aromatic heterocycles. The van der Waals surface area contributed by atoms with Crippen LogP contribution in [0.1, 0.15) is 72.3 Å². The van der Waals surface area contributed by atoms with Crippen LogP contribution in [0.4, 0.5) is 0 Å². The molecule has 0 saturated carbocycles. The molecule has 0 fully saturated rings. The highest BCUT2D eigenvalue weighted by Crippen LogP contribution is 2.33. The summed E-state index contributed by atoms with van der Waals surface area (Å²) >= 11 is 1.29. The minimum atomic E-state index is -0.805. The first-order valence-corrected chi connectivity index (χ1v) is 12.7. The number of carbonyl (C=O) groups excluding carboxylic acids is 1. The fraction of sp³-hybridized carbons (Fsp3) is 0.345. The molecule has 3 rings (SSSR count). The zero-order chi connectivity index (χ0) is 25.5. The van der Waals surface area contributed by atoms with Crippen LogP contribution in [0.5, 0.6) is 0 Å². The van der Waals surface area contributed by atoms with Gasteiger partial charge >= 0.3 is 0 Å². The predicted molar refractivity (Wildman–Crippen MR) is 143 cm³/mol. The summed E-state index contributed by atoms with van der Waals surface area (Å²) in [6.07, 6.45) is -1.42. The van der Waals surface area contributed by atoms with E-state index in [1.807, 2.05) is 68.7 Å². The van der Waals surface area contributed by atoms with E-state index in [-0.39, 0.29) is 18.2 Å². The van der Waals surface area contributed by atoms with Gasteiger partial charge in [-0.15, -0.1) is 0 Å². The number of hydrogen-bond acceptors (Lipinski definition) is 5. The molecule has 0 spiro atoms. The molecule has 186 valence electrons. The highest BCUT2D eigenvalue weighted by molar-refractivity contribution is 7.98. The van der Waals surface area contributed by atoms with Crippen molar-refractivity contribution in [3.05, 3.63) is 100 Å². The van der Waals surface area contributed by atoms with Crippen LogP contribution in [0, 0.1) is 0 Å². The van der Waals surface area contributed by atoms with Gasteiger partial charge in [0, 0.05) is 11.4 Å². The van der Waals surface area contributed by atoms with Crippen LogP contribution in [-0.2, 0) is 17.8 Å². The Kier molecular flexibility index (Phi) is 9.52. The summed E-state index contributed by atoms with van der Waals surface area (Å²) in [5.41, 5.74) is 5.17. The monoisotopic (exact) mass is 492 g/mol. The maximum Gasteiger partial charge on any atom is 0.234 e. The molecule has 0 aliphatic rings. The summed E-state index contributed by atoms with van der Waals surface area (Å²) in [6, 6.07) is 21.4. The van der Waals surface area contributed by atoms with Gasteiger partial charge in [-0.2, -0.15) is 0 Å². The standard InChI is InChI=1S/C29H36N2O3S/c1-19(2)25-15-23(29(34)22-9-7-6-8-10-22)16-26(20(3)32)27(25)17-28(33)30-35-24-13-11-21(12-14-24)18-31(4)5/h6-16,19-20,29,32,34H,17-18H2,1-5H3,(H,30,33). The number of aliphatic hydroxyl groups is 2. The van der Waals surface area contributed by atoms with Crippen molar-refractivity contribution >= 4 is 17.9 Å². The molecule has 3 N–H and O–H groups in total. The highest BCUT2D eigenvalue weighted by Gasteiger charge is 2.22. The molecular weight excluding hydrogens is 456 g/mol. The van der Waals surface area contributed by atoms with Gasteiger partial charge in [0.2, 0.25) is 5.91 Å². The van der Waals surface area contributed by atoms with Crippen molar-refractivity contribution in [2.24, 2.45) is 0 Å². The van der Waals surface area contributed by atoms with Gasteiger partial charge in [-0.05, 0) is 90.5 Å². The molecule has 0 bridgehead atoms. The summed E-state index contributed by atoms with van der Waals surface area (Å²) in [7, 11) is 4.06. The average Bonchev–Trinajstić information content (AvgIpc) is 2.83. The van der Waals surface area contributed by atoms with Crippen molar-refractivity contribution in [1.82, 2.24) is 9.62 Å². The van der Waals surface area contributed by atoms with E-state index in [4.69, 9.17) is 0 Å². The van der Waals surface area contributed by atoms with E-state index in [0.717, 1.165) is 28.1 Å². The predicted octanol–water partition coefficient (Wildman–Crippen LogP) is 5.37. The van der Waals surface area contributed by atoms with E-state index >= 15 is 0 Å². The second-order valence-electron chi connectivity index (χ2n) is 9.51. The Bertz CT molecular complexity index is 1080. The lowest BCUT2D eigenvalue weighted by molar-refractivity contribution is -0.118. The quantitative estimate of drug-likeness (QED) is 0.332. The van der Waals surface area contributed by atoms with Gasteiger partial charge in [0.1, 0.15) is 6.10 Å². The van der Waals surface area contributed by atoms with E-state index in [1.54, 1.807) is 6.92 Å². The van der Waals surface area contributed by atoms with Gasteiger partial charge in [-0.25, -0.2) is 0 Å². The number of benzene rings is 3. The third-order valence-corrected chi connectivity index (χ3v) is 6.72. The maximum absolute atomic E-state index is 12.9. The fourth-order valence-corrected chi connectivity index (χ4v) is 4.74. The third kappa shape index (κ3) is 7.42. The van der Waals surface area contributed by atoms with Gasteiger partial charge in [0.25, 0.3) is 0 Å². The molecule has 1 amide bonds. The number of nitrogens with zero attached hydrogens (tertiary/aromatic N) is 1. The highest BCUT2D eigenvalue weighted by atomic mass is 32.2. The largest absolute Gasteiger partial charge is 0.389 e. The zero-order valence-corrected chi connectivity index (χ0v) is 22.0. The third-order valence-electron chi connectivity index (χ3n) is 5.89. The summed E-state index contributed by atoms with van der Waals surface area (Å²) in [5, 5.41) is 21.6. The Morgan fingerprint density at radius 1 is 0.914 bits per heavy atom. The SMILES string of the molecule is CC(C)c1cc(C(O)c2ccccc2)cc(C(C)O)c1CC(=O)NSc1ccc(CN(C)C)cc1. The Hall–Kier alpha value is -2.64. The van der Waals surface area contributed by atoms with Crippen molar-refractivity contribution in [2.45, 2.75) is 56.8 Å². The second-order valence-corrected chi connectivity index (χ2v) is 10.4. The maximum atomic E-state index is 12.9. The van der Waals surface area contributed by atoms with E-state index in [9.17, 15) is 15.0 Å². The van der Waals surface area contributed by atoms with E-state index in [0.29, 0.717) is 11.1 Å². The molecule has 5 nitrogen and oxygen atoms in total. The van der Waals surface area contributed by atoms with Gasteiger partial charge < -0.3 is 15.1 Å². The van der Waals surface area contributed by atoms with Crippen LogP contribution in [0.15, 0.2) is 71.6 Å². The van der Waals surface area contributed by atoms with Crippen molar-refractivity contribution in [1.29, 1.82) is 0 Å².